The number of hydrogen-bond acceptors (Lipinski definition) is 7. The topological polar surface area (TPSA) is 137 Å². The third-order valence-electron chi connectivity index (χ3n) is 3.75. The number of nitrogens with two attached hydrogens (primary N) is 1. The molecule has 1 aliphatic carbocycles. The van der Waals surface area contributed by atoms with Gasteiger partial charge in [-0.3, -0.25) is 10.1 Å². The summed E-state index contributed by atoms with van der Waals surface area (Å²) in [7, 11) is 0. The molecule has 3 amide bonds. The molecular formula is C15H16N4O5. The first kappa shape index (κ1) is 15.9. The molecule has 126 valence electrons. The molecule has 1 saturated carbocycles. The SMILES string of the molecule is Cc1noc2nc(C3CC3)cc(C(=O)O[C@H](C)C(=O)NC(N)=O)c12. The predicted octanol–water partition coefficient (Wildman–Crippen LogP) is 1.15. The summed E-state index contributed by atoms with van der Waals surface area (Å²) >= 11 is 0. The molecule has 0 bridgehead atoms. The van der Waals surface area contributed by atoms with Crippen LogP contribution in [-0.4, -0.2) is 34.2 Å². The molecule has 2 aromatic heterocycles. The summed E-state index contributed by atoms with van der Waals surface area (Å²) in [6.07, 6.45) is 0.812. The number of aromatic nitrogens is 2. The van der Waals surface area contributed by atoms with Crippen LogP contribution < -0.4 is 11.1 Å². The van der Waals surface area contributed by atoms with Gasteiger partial charge in [0.15, 0.2) is 6.10 Å². The maximum Gasteiger partial charge on any atom is 0.339 e. The number of nitrogens with one attached hydrogen (secondary N) is 1. The molecule has 1 fully saturated rings. The van der Waals surface area contributed by atoms with E-state index in [0.29, 0.717) is 17.0 Å². The number of amides is 3. The van der Waals surface area contributed by atoms with Crippen LogP contribution in [0, 0.1) is 6.92 Å². The van der Waals surface area contributed by atoms with Crippen molar-refractivity contribution in [3.8, 4) is 0 Å². The number of urea groups is 1. The highest BCUT2D eigenvalue weighted by Crippen LogP contribution is 2.40. The third-order valence-corrected chi connectivity index (χ3v) is 3.75. The van der Waals surface area contributed by atoms with Crippen molar-refractivity contribution in [3.05, 3.63) is 23.0 Å². The first-order valence-electron chi connectivity index (χ1n) is 7.45. The molecule has 0 radical (unpaired) electrons. The van der Waals surface area contributed by atoms with E-state index in [-0.39, 0.29) is 11.3 Å². The summed E-state index contributed by atoms with van der Waals surface area (Å²) in [6, 6.07) is 0.630. The number of fused-ring (bicyclic) bond motifs is 1. The van der Waals surface area contributed by atoms with Crippen molar-refractivity contribution >= 4 is 29.0 Å². The van der Waals surface area contributed by atoms with Crippen LogP contribution in [0.5, 0.6) is 0 Å². The van der Waals surface area contributed by atoms with Crippen molar-refractivity contribution in [3.63, 3.8) is 0 Å². The van der Waals surface area contributed by atoms with E-state index >= 15 is 0 Å². The second-order valence-electron chi connectivity index (χ2n) is 5.72. The smallest absolute Gasteiger partial charge is 0.339 e. The molecule has 1 atom stereocenters. The van der Waals surface area contributed by atoms with Gasteiger partial charge < -0.3 is 15.0 Å². The molecule has 0 aromatic carbocycles. The fraction of sp³-hybridized carbons (Fsp3) is 0.400. The molecule has 2 heterocycles. The van der Waals surface area contributed by atoms with Gasteiger partial charge in [0.2, 0.25) is 0 Å². The van der Waals surface area contributed by atoms with Crippen LogP contribution in [0.25, 0.3) is 11.1 Å². The van der Waals surface area contributed by atoms with Gasteiger partial charge in [0.25, 0.3) is 11.6 Å². The number of carbonyl (C=O) groups is 3. The Balaban J connectivity index is 1.89. The number of nitrogens with zero attached hydrogens (tertiary/aromatic N) is 2. The molecule has 0 unspecified atom stereocenters. The van der Waals surface area contributed by atoms with Gasteiger partial charge in [0, 0.05) is 11.6 Å². The van der Waals surface area contributed by atoms with E-state index in [4.69, 9.17) is 15.0 Å². The summed E-state index contributed by atoms with van der Waals surface area (Å²) in [5.74, 6) is -1.23. The molecule has 9 heteroatoms. The number of hydrogen-bond donors (Lipinski definition) is 2. The minimum absolute atomic E-state index is 0.236. The fourth-order valence-electron chi connectivity index (χ4n) is 2.36. The van der Waals surface area contributed by atoms with Gasteiger partial charge >= 0.3 is 12.0 Å². The maximum absolute atomic E-state index is 12.5. The Bertz CT molecular complexity index is 840. The fourth-order valence-corrected chi connectivity index (χ4v) is 2.36. The number of rotatable bonds is 4. The number of carbonyl (C=O) groups excluding carboxylic acids is 3. The average Bonchev–Trinajstić information content (AvgIpc) is 3.30. The van der Waals surface area contributed by atoms with E-state index in [1.165, 1.54) is 6.92 Å². The minimum atomic E-state index is -1.18. The number of imide groups is 1. The lowest BCUT2D eigenvalue weighted by atomic mass is 10.1. The van der Waals surface area contributed by atoms with Gasteiger partial charge in [0.05, 0.1) is 16.6 Å². The van der Waals surface area contributed by atoms with Crippen LogP contribution in [0.1, 0.15) is 47.4 Å². The molecule has 0 saturated heterocycles. The van der Waals surface area contributed by atoms with Crippen LogP contribution in [0.2, 0.25) is 0 Å². The Morgan fingerprint density at radius 1 is 1.42 bits per heavy atom. The molecule has 0 aliphatic heterocycles. The highest BCUT2D eigenvalue weighted by Gasteiger charge is 2.30. The zero-order chi connectivity index (χ0) is 17.4. The standard InChI is InChI=1S/C15H16N4O5/c1-6-11-9(14(21)23-7(2)12(20)18-15(16)22)5-10(8-3-4-8)17-13(11)24-19-6/h5,7-8H,3-4H2,1-2H3,(H3,16,18,20,22)/t7-/m1/s1. The zero-order valence-corrected chi connectivity index (χ0v) is 13.2. The monoisotopic (exact) mass is 332 g/mol. The quantitative estimate of drug-likeness (QED) is 0.801. The third kappa shape index (κ3) is 3.05. The summed E-state index contributed by atoms with van der Waals surface area (Å²) in [6.45, 7) is 3.03. The number of esters is 1. The van der Waals surface area contributed by atoms with Gasteiger partial charge in [-0.2, -0.15) is 0 Å². The van der Waals surface area contributed by atoms with Crippen LogP contribution in [0.4, 0.5) is 4.79 Å². The highest BCUT2D eigenvalue weighted by atomic mass is 16.5. The van der Waals surface area contributed by atoms with Gasteiger partial charge in [-0.1, -0.05) is 5.16 Å². The van der Waals surface area contributed by atoms with Gasteiger partial charge in [-0.25, -0.2) is 14.6 Å². The number of pyridine rings is 1. The lowest BCUT2D eigenvalue weighted by Gasteiger charge is -2.12. The Kier molecular flexibility index (Phi) is 3.92. The predicted molar refractivity (Wildman–Crippen MR) is 81.1 cm³/mol. The van der Waals surface area contributed by atoms with Gasteiger partial charge in [-0.05, 0) is 32.8 Å². The maximum atomic E-state index is 12.5. The Morgan fingerprint density at radius 2 is 2.12 bits per heavy atom. The van der Waals surface area contributed by atoms with Crippen molar-refractivity contribution in [1.82, 2.24) is 15.5 Å². The first-order chi connectivity index (χ1) is 11.4. The summed E-state index contributed by atoms with van der Waals surface area (Å²) < 4.78 is 10.3. The average molecular weight is 332 g/mol. The summed E-state index contributed by atoms with van der Waals surface area (Å²) in [4.78, 5) is 39.2. The first-order valence-corrected chi connectivity index (χ1v) is 7.45. The van der Waals surface area contributed by atoms with E-state index in [9.17, 15) is 14.4 Å². The molecule has 2 aromatic rings. The molecule has 9 nitrogen and oxygen atoms in total. The zero-order valence-electron chi connectivity index (χ0n) is 13.2. The van der Waals surface area contributed by atoms with Crippen molar-refractivity contribution in [1.29, 1.82) is 0 Å². The summed E-state index contributed by atoms with van der Waals surface area (Å²) in [5, 5.41) is 6.14. The highest BCUT2D eigenvalue weighted by molar-refractivity contribution is 6.04. The van der Waals surface area contributed by atoms with Crippen LogP contribution in [0.15, 0.2) is 10.6 Å². The molecular weight excluding hydrogens is 316 g/mol. The second kappa shape index (κ2) is 5.91. The molecule has 24 heavy (non-hydrogen) atoms. The number of ether oxygens (including phenoxy) is 1. The summed E-state index contributed by atoms with van der Waals surface area (Å²) in [5.41, 5.74) is 6.61. The number of aryl methyl sites for hydroxylation is 1. The Hall–Kier alpha value is -2.97. The van der Waals surface area contributed by atoms with Crippen molar-refractivity contribution in [2.24, 2.45) is 5.73 Å². The second-order valence-corrected chi connectivity index (χ2v) is 5.72. The lowest BCUT2D eigenvalue weighted by molar-refractivity contribution is -0.127. The Labute approximate surface area is 136 Å². The van der Waals surface area contributed by atoms with Crippen LogP contribution in [0.3, 0.4) is 0 Å². The van der Waals surface area contributed by atoms with E-state index in [1.54, 1.807) is 13.0 Å². The molecule has 1 aliphatic rings. The largest absolute Gasteiger partial charge is 0.449 e. The minimum Gasteiger partial charge on any atom is -0.449 e. The van der Waals surface area contributed by atoms with E-state index < -0.39 is 24.0 Å². The lowest BCUT2D eigenvalue weighted by Crippen LogP contribution is -2.42. The van der Waals surface area contributed by atoms with Gasteiger partial charge in [0.1, 0.15) is 0 Å². The van der Waals surface area contributed by atoms with Crippen molar-refractivity contribution < 1.29 is 23.6 Å². The van der Waals surface area contributed by atoms with E-state index in [0.717, 1.165) is 18.5 Å². The molecule has 3 rings (SSSR count). The van der Waals surface area contributed by atoms with Crippen molar-refractivity contribution in [2.75, 3.05) is 0 Å². The van der Waals surface area contributed by atoms with Crippen LogP contribution >= 0.6 is 0 Å². The van der Waals surface area contributed by atoms with E-state index in [2.05, 4.69) is 10.1 Å². The molecule has 0 spiro atoms. The Morgan fingerprint density at radius 3 is 2.75 bits per heavy atom. The van der Waals surface area contributed by atoms with Gasteiger partial charge in [-0.15, -0.1) is 0 Å². The normalized spacial score (nSPS) is 15.1. The molecule has 3 N–H and O–H groups in total. The number of primary amides is 1. The van der Waals surface area contributed by atoms with E-state index in [1.807, 2.05) is 5.32 Å². The van der Waals surface area contributed by atoms with Crippen molar-refractivity contribution in [2.45, 2.75) is 38.7 Å². The van der Waals surface area contributed by atoms with Crippen LogP contribution in [-0.2, 0) is 9.53 Å².